The molecule has 1 aliphatic heterocycles. The number of ether oxygens (including phenoxy) is 1. The first-order chi connectivity index (χ1) is 12.5. The van der Waals surface area contributed by atoms with Crippen LogP contribution in [0.3, 0.4) is 0 Å². The monoisotopic (exact) mass is 360 g/mol. The van der Waals surface area contributed by atoms with Crippen LogP contribution in [0.1, 0.15) is 23.1 Å². The Balaban J connectivity index is 1.51. The molecule has 1 amide bonds. The second kappa shape index (κ2) is 8.38. The number of nitrogens with one attached hydrogen (secondary N) is 2. The summed E-state index contributed by atoms with van der Waals surface area (Å²) in [6.07, 6.45) is -0.458. The number of benzene rings is 2. The summed E-state index contributed by atoms with van der Waals surface area (Å²) >= 11 is 0. The van der Waals surface area contributed by atoms with Gasteiger partial charge in [0.15, 0.2) is 0 Å². The summed E-state index contributed by atoms with van der Waals surface area (Å²) in [6.45, 7) is 0.756. The maximum atomic E-state index is 13.2. The van der Waals surface area contributed by atoms with Crippen LogP contribution in [0.2, 0.25) is 0 Å². The lowest BCUT2D eigenvalue weighted by Crippen LogP contribution is -2.40. The second-order valence-corrected chi connectivity index (χ2v) is 6.46. The van der Waals surface area contributed by atoms with Crippen molar-refractivity contribution < 1.29 is 18.3 Å². The fourth-order valence-corrected chi connectivity index (χ4v) is 2.93. The minimum atomic E-state index is -2.81. The van der Waals surface area contributed by atoms with Crippen LogP contribution in [0.15, 0.2) is 54.6 Å². The van der Waals surface area contributed by atoms with Gasteiger partial charge in [0.25, 0.3) is 5.92 Å². The SMILES string of the molecule is O=C(NCc1ccccc1COCc1ccccc1)C1CC(F)(F)CN1. The summed E-state index contributed by atoms with van der Waals surface area (Å²) in [5.41, 5.74) is 2.97. The van der Waals surface area contributed by atoms with Crippen LogP contribution in [0.5, 0.6) is 0 Å². The van der Waals surface area contributed by atoms with E-state index in [0.29, 0.717) is 13.2 Å². The predicted molar refractivity (Wildman–Crippen MR) is 94.6 cm³/mol. The summed E-state index contributed by atoms with van der Waals surface area (Å²) in [7, 11) is 0. The average Bonchev–Trinajstić information content (AvgIpc) is 3.01. The van der Waals surface area contributed by atoms with Crippen molar-refractivity contribution in [3.05, 3.63) is 71.3 Å². The topological polar surface area (TPSA) is 50.4 Å². The molecule has 0 aromatic heterocycles. The molecule has 138 valence electrons. The Morgan fingerprint density at radius 1 is 1.08 bits per heavy atom. The highest BCUT2D eigenvalue weighted by Gasteiger charge is 2.42. The third-order valence-electron chi connectivity index (χ3n) is 4.37. The number of halogens is 2. The van der Waals surface area contributed by atoms with E-state index in [4.69, 9.17) is 4.74 Å². The fraction of sp³-hybridized carbons (Fsp3) is 0.350. The van der Waals surface area contributed by atoms with Crippen molar-refractivity contribution in [2.24, 2.45) is 0 Å². The van der Waals surface area contributed by atoms with Gasteiger partial charge in [-0.3, -0.25) is 10.1 Å². The third-order valence-corrected chi connectivity index (χ3v) is 4.37. The summed E-state index contributed by atoms with van der Waals surface area (Å²) in [5, 5.41) is 5.30. The van der Waals surface area contributed by atoms with Crippen LogP contribution in [0.4, 0.5) is 8.78 Å². The van der Waals surface area contributed by atoms with Gasteiger partial charge < -0.3 is 10.1 Å². The van der Waals surface area contributed by atoms with Crippen molar-refractivity contribution in [3.8, 4) is 0 Å². The number of hydrogen-bond acceptors (Lipinski definition) is 3. The number of carbonyl (C=O) groups excluding carboxylic acids is 1. The number of carbonyl (C=O) groups is 1. The molecule has 4 nitrogen and oxygen atoms in total. The summed E-state index contributed by atoms with van der Waals surface area (Å²) in [6, 6.07) is 16.7. The van der Waals surface area contributed by atoms with Gasteiger partial charge in [-0.1, -0.05) is 54.6 Å². The molecular formula is C20H22F2N2O2. The zero-order valence-corrected chi connectivity index (χ0v) is 14.4. The first kappa shape index (κ1) is 18.5. The average molecular weight is 360 g/mol. The molecule has 1 unspecified atom stereocenters. The standard InChI is InChI=1S/C20H22F2N2O2/c21-20(22)10-18(24-14-20)19(25)23-11-16-8-4-5-9-17(16)13-26-12-15-6-2-1-3-7-15/h1-9,18,24H,10-14H2,(H,23,25). The summed E-state index contributed by atoms with van der Waals surface area (Å²) in [4.78, 5) is 12.1. The molecule has 1 heterocycles. The molecule has 1 aliphatic rings. The van der Waals surface area contributed by atoms with E-state index in [0.717, 1.165) is 16.7 Å². The van der Waals surface area contributed by atoms with Crippen molar-refractivity contribution in [2.45, 2.75) is 38.1 Å². The van der Waals surface area contributed by atoms with Crippen molar-refractivity contribution >= 4 is 5.91 Å². The van der Waals surface area contributed by atoms with E-state index in [9.17, 15) is 13.6 Å². The van der Waals surface area contributed by atoms with E-state index in [2.05, 4.69) is 10.6 Å². The highest BCUT2D eigenvalue weighted by molar-refractivity contribution is 5.82. The summed E-state index contributed by atoms with van der Waals surface area (Å²) in [5.74, 6) is -3.22. The van der Waals surface area contributed by atoms with Gasteiger partial charge in [0.05, 0.1) is 25.8 Å². The first-order valence-electron chi connectivity index (χ1n) is 8.61. The quantitative estimate of drug-likeness (QED) is 0.798. The van der Waals surface area contributed by atoms with Crippen LogP contribution in [0, 0.1) is 0 Å². The number of amides is 1. The highest BCUT2D eigenvalue weighted by atomic mass is 19.3. The molecule has 0 bridgehead atoms. The molecule has 0 radical (unpaired) electrons. The molecule has 1 saturated heterocycles. The minimum absolute atomic E-state index is 0.285. The maximum absolute atomic E-state index is 13.2. The highest BCUT2D eigenvalue weighted by Crippen LogP contribution is 2.25. The van der Waals surface area contributed by atoms with Crippen LogP contribution >= 0.6 is 0 Å². The predicted octanol–water partition coefficient (Wildman–Crippen LogP) is 3.02. The van der Waals surface area contributed by atoms with E-state index in [1.165, 1.54) is 0 Å². The lowest BCUT2D eigenvalue weighted by Gasteiger charge is -2.14. The van der Waals surface area contributed by atoms with Crippen molar-refractivity contribution in [1.29, 1.82) is 0 Å². The van der Waals surface area contributed by atoms with Crippen LogP contribution in [0.25, 0.3) is 0 Å². The molecule has 26 heavy (non-hydrogen) atoms. The third kappa shape index (κ3) is 5.09. The lowest BCUT2D eigenvalue weighted by molar-refractivity contribution is -0.123. The molecule has 0 saturated carbocycles. The van der Waals surface area contributed by atoms with E-state index < -0.39 is 30.8 Å². The van der Waals surface area contributed by atoms with Gasteiger partial charge in [0.1, 0.15) is 0 Å². The van der Waals surface area contributed by atoms with Crippen molar-refractivity contribution in [1.82, 2.24) is 10.6 Å². The van der Waals surface area contributed by atoms with Gasteiger partial charge in [-0.2, -0.15) is 0 Å². The van der Waals surface area contributed by atoms with Crippen LogP contribution in [-0.4, -0.2) is 24.4 Å². The number of alkyl halides is 2. The van der Waals surface area contributed by atoms with E-state index in [1.807, 2.05) is 54.6 Å². The first-order valence-corrected chi connectivity index (χ1v) is 8.61. The Kier molecular flexibility index (Phi) is 5.96. The normalized spacial score (nSPS) is 18.6. The maximum Gasteiger partial charge on any atom is 0.262 e. The minimum Gasteiger partial charge on any atom is -0.372 e. The summed E-state index contributed by atoms with van der Waals surface area (Å²) < 4.78 is 32.2. The van der Waals surface area contributed by atoms with Crippen LogP contribution in [-0.2, 0) is 29.3 Å². The molecular weight excluding hydrogens is 338 g/mol. The zero-order valence-electron chi connectivity index (χ0n) is 14.4. The van der Waals surface area contributed by atoms with Crippen LogP contribution < -0.4 is 10.6 Å². The molecule has 2 aromatic carbocycles. The molecule has 1 fully saturated rings. The van der Waals surface area contributed by atoms with Crippen molar-refractivity contribution in [3.63, 3.8) is 0 Å². The molecule has 2 aromatic rings. The number of hydrogen-bond donors (Lipinski definition) is 2. The Morgan fingerprint density at radius 3 is 2.46 bits per heavy atom. The Labute approximate surface area is 151 Å². The van der Waals surface area contributed by atoms with Gasteiger partial charge in [-0.15, -0.1) is 0 Å². The molecule has 3 rings (SSSR count). The second-order valence-electron chi connectivity index (χ2n) is 6.46. The Bertz CT molecular complexity index is 738. The largest absolute Gasteiger partial charge is 0.372 e. The fourth-order valence-electron chi connectivity index (χ4n) is 2.93. The Hall–Kier alpha value is -2.31. The number of rotatable bonds is 7. The molecule has 2 N–H and O–H groups in total. The van der Waals surface area contributed by atoms with E-state index in [1.54, 1.807) is 0 Å². The van der Waals surface area contributed by atoms with Gasteiger partial charge in [-0.05, 0) is 16.7 Å². The lowest BCUT2D eigenvalue weighted by atomic mass is 10.1. The molecule has 6 heteroatoms. The van der Waals surface area contributed by atoms with Gasteiger partial charge in [-0.25, -0.2) is 8.78 Å². The van der Waals surface area contributed by atoms with E-state index in [-0.39, 0.29) is 6.54 Å². The molecule has 0 spiro atoms. The van der Waals surface area contributed by atoms with Gasteiger partial charge in [0.2, 0.25) is 5.91 Å². The smallest absolute Gasteiger partial charge is 0.262 e. The van der Waals surface area contributed by atoms with Crippen molar-refractivity contribution in [2.75, 3.05) is 6.54 Å². The Morgan fingerprint density at radius 2 is 1.77 bits per heavy atom. The van der Waals surface area contributed by atoms with E-state index >= 15 is 0 Å². The molecule has 0 aliphatic carbocycles. The zero-order chi connectivity index (χ0) is 18.4. The van der Waals surface area contributed by atoms with Gasteiger partial charge >= 0.3 is 0 Å². The molecule has 1 atom stereocenters. The van der Waals surface area contributed by atoms with Gasteiger partial charge in [0, 0.05) is 13.0 Å².